The van der Waals surface area contributed by atoms with Crippen molar-refractivity contribution in [1.82, 2.24) is 10.2 Å². The summed E-state index contributed by atoms with van der Waals surface area (Å²) in [7, 11) is 1.76. The van der Waals surface area contributed by atoms with Gasteiger partial charge in [-0.05, 0) is 12.2 Å². The Balaban J connectivity index is 2.23. The third kappa shape index (κ3) is 3.99. The van der Waals surface area contributed by atoms with E-state index in [4.69, 9.17) is 5.11 Å². The fraction of sp³-hybridized carbons (Fsp3) is 0.778. The van der Waals surface area contributed by atoms with E-state index in [2.05, 4.69) is 5.32 Å². The van der Waals surface area contributed by atoms with E-state index < -0.39 is 5.97 Å². The highest BCUT2D eigenvalue weighted by molar-refractivity contribution is 7.99. The number of aliphatic carboxylic acids is 1. The van der Waals surface area contributed by atoms with Crippen molar-refractivity contribution in [3.8, 4) is 0 Å². The molecule has 1 rings (SSSR count). The molecule has 2 N–H and O–H groups in total. The van der Waals surface area contributed by atoms with Gasteiger partial charge in [-0.25, -0.2) is 4.79 Å². The Bertz CT molecular complexity index is 242. The Hall–Kier alpha value is -0.910. The van der Waals surface area contributed by atoms with Crippen molar-refractivity contribution in [2.45, 2.75) is 18.9 Å². The summed E-state index contributed by atoms with van der Waals surface area (Å²) in [5.41, 5.74) is 0. The lowest BCUT2D eigenvalue weighted by atomic mass is 10.2. The first kappa shape index (κ1) is 12.2. The normalized spacial score (nSPS) is 19.9. The molecule has 0 saturated carbocycles. The van der Waals surface area contributed by atoms with Crippen LogP contribution in [0.2, 0.25) is 0 Å². The zero-order valence-corrected chi connectivity index (χ0v) is 9.55. The molecule has 0 aromatic heterocycles. The van der Waals surface area contributed by atoms with Gasteiger partial charge in [0.25, 0.3) is 0 Å². The number of hydrogen-bond acceptors (Lipinski definition) is 3. The zero-order chi connectivity index (χ0) is 11.3. The second-order valence-corrected chi connectivity index (χ2v) is 4.65. The van der Waals surface area contributed by atoms with Crippen LogP contribution in [0.25, 0.3) is 0 Å². The second kappa shape index (κ2) is 5.85. The highest BCUT2D eigenvalue weighted by Crippen LogP contribution is 2.21. The van der Waals surface area contributed by atoms with Gasteiger partial charge in [0, 0.05) is 25.4 Å². The molecule has 6 heteroatoms. The number of carbonyl (C=O) groups is 2. The number of urea groups is 1. The molecule has 1 heterocycles. The van der Waals surface area contributed by atoms with E-state index in [0.29, 0.717) is 6.04 Å². The van der Waals surface area contributed by atoms with Crippen LogP contribution >= 0.6 is 11.8 Å². The number of hydrogen-bond donors (Lipinski definition) is 2. The quantitative estimate of drug-likeness (QED) is 0.745. The number of rotatable bonds is 4. The molecule has 0 spiro atoms. The summed E-state index contributed by atoms with van der Waals surface area (Å²) in [5, 5.41) is 11.0. The first-order valence-corrected chi connectivity index (χ1v) is 6.07. The molecule has 1 unspecified atom stereocenters. The van der Waals surface area contributed by atoms with Crippen molar-refractivity contribution in [2.24, 2.45) is 0 Å². The number of nitrogens with zero attached hydrogens (tertiary/aromatic N) is 1. The number of carbonyl (C=O) groups excluding carboxylic acids is 1. The molecule has 0 radical (unpaired) electrons. The van der Waals surface area contributed by atoms with Gasteiger partial charge in [-0.2, -0.15) is 11.8 Å². The molecule has 1 saturated heterocycles. The summed E-state index contributed by atoms with van der Waals surface area (Å²) in [6, 6.07) is 0.114. The Morgan fingerprint density at radius 1 is 1.60 bits per heavy atom. The van der Waals surface area contributed by atoms with Gasteiger partial charge in [0.1, 0.15) is 0 Å². The third-order valence-electron chi connectivity index (χ3n) is 2.39. The van der Waals surface area contributed by atoms with E-state index >= 15 is 0 Å². The molecular formula is C9H16N2O3S. The largest absolute Gasteiger partial charge is 0.481 e. The van der Waals surface area contributed by atoms with Gasteiger partial charge in [-0.3, -0.25) is 4.79 Å². The maximum absolute atomic E-state index is 11.5. The molecule has 86 valence electrons. The van der Waals surface area contributed by atoms with Crippen LogP contribution in [0.4, 0.5) is 4.79 Å². The summed E-state index contributed by atoms with van der Waals surface area (Å²) >= 11 is 1.84. The number of carboxylic acids is 1. The predicted molar refractivity (Wildman–Crippen MR) is 59.1 cm³/mol. The highest BCUT2D eigenvalue weighted by Gasteiger charge is 2.23. The van der Waals surface area contributed by atoms with Gasteiger partial charge in [0.2, 0.25) is 0 Å². The molecule has 0 aromatic rings. The lowest BCUT2D eigenvalue weighted by Crippen LogP contribution is -2.44. The summed E-state index contributed by atoms with van der Waals surface area (Å²) in [5.74, 6) is 1.18. The molecule has 1 atom stereocenters. The van der Waals surface area contributed by atoms with Crippen LogP contribution in [0.5, 0.6) is 0 Å². The van der Waals surface area contributed by atoms with Crippen molar-refractivity contribution >= 4 is 23.8 Å². The standard InChI is InChI=1S/C9H16N2O3S/c1-11(7-3-5-15-6-7)9(14)10-4-2-8(12)13/h7H,2-6H2,1H3,(H,10,14)(H,12,13). The Morgan fingerprint density at radius 2 is 2.33 bits per heavy atom. The van der Waals surface area contributed by atoms with Crippen molar-refractivity contribution in [3.05, 3.63) is 0 Å². The Labute approximate surface area is 93.2 Å². The van der Waals surface area contributed by atoms with E-state index in [-0.39, 0.29) is 19.0 Å². The van der Waals surface area contributed by atoms with E-state index in [1.165, 1.54) is 0 Å². The maximum Gasteiger partial charge on any atom is 0.317 e. The molecule has 0 bridgehead atoms. The first-order chi connectivity index (χ1) is 7.11. The third-order valence-corrected chi connectivity index (χ3v) is 3.53. The summed E-state index contributed by atoms with van der Waals surface area (Å²) in [6.07, 6.45) is 0.993. The van der Waals surface area contributed by atoms with E-state index in [1.807, 2.05) is 11.8 Å². The molecule has 0 aromatic carbocycles. The smallest absolute Gasteiger partial charge is 0.317 e. The molecule has 1 aliphatic rings. The SMILES string of the molecule is CN(C(=O)NCCC(=O)O)C1CCSC1. The van der Waals surface area contributed by atoms with E-state index in [1.54, 1.807) is 11.9 Å². The van der Waals surface area contributed by atoms with Crippen molar-refractivity contribution < 1.29 is 14.7 Å². The van der Waals surface area contributed by atoms with E-state index in [0.717, 1.165) is 17.9 Å². The predicted octanol–water partition coefficient (Wildman–Crippen LogP) is 0.608. The van der Waals surface area contributed by atoms with Crippen molar-refractivity contribution in [3.63, 3.8) is 0 Å². The molecule has 5 nitrogen and oxygen atoms in total. The lowest BCUT2D eigenvalue weighted by molar-refractivity contribution is -0.136. The number of thioether (sulfide) groups is 1. The first-order valence-electron chi connectivity index (χ1n) is 4.91. The molecule has 0 aliphatic carbocycles. The van der Waals surface area contributed by atoms with Crippen LogP contribution in [0.3, 0.4) is 0 Å². The van der Waals surface area contributed by atoms with Crippen LogP contribution in [0.1, 0.15) is 12.8 Å². The second-order valence-electron chi connectivity index (χ2n) is 3.50. The topological polar surface area (TPSA) is 69.6 Å². The van der Waals surface area contributed by atoms with Crippen LogP contribution in [0.15, 0.2) is 0 Å². The number of carboxylic acid groups (broad SMARTS) is 1. The fourth-order valence-corrected chi connectivity index (χ4v) is 2.66. The van der Waals surface area contributed by atoms with E-state index in [9.17, 15) is 9.59 Å². The van der Waals surface area contributed by atoms with Crippen molar-refractivity contribution in [2.75, 3.05) is 25.1 Å². The monoisotopic (exact) mass is 232 g/mol. The summed E-state index contributed by atoms with van der Waals surface area (Å²) < 4.78 is 0. The maximum atomic E-state index is 11.5. The Kier molecular flexibility index (Phi) is 4.74. The molecular weight excluding hydrogens is 216 g/mol. The van der Waals surface area contributed by atoms with Gasteiger partial charge < -0.3 is 15.3 Å². The number of amides is 2. The van der Waals surface area contributed by atoms with Crippen LogP contribution in [-0.2, 0) is 4.79 Å². The minimum atomic E-state index is -0.894. The van der Waals surface area contributed by atoms with Crippen LogP contribution in [0, 0.1) is 0 Å². The molecule has 1 fully saturated rings. The minimum absolute atomic E-state index is 0.0288. The number of nitrogens with one attached hydrogen (secondary N) is 1. The molecule has 1 aliphatic heterocycles. The van der Waals surface area contributed by atoms with Gasteiger partial charge in [-0.1, -0.05) is 0 Å². The van der Waals surface area contributed by atoms with Gasteiger partial charge in [0.05, 0.1) is 6.42 Å². The molecule has 15 heavy (non-hydrogen) atoms. The van der Waals surface area contributed by atoms with Gasteiger partial charge in [-0.15, -0.1) is 0 Å². The zero-order valence-electron chi connectivity index (χ0n) is 8.73. The van der Waals surface area contributed by atoms with Crippen LogP contribution in [-0.4, -0.2) is 53.1 Å². The van der Waals surface area contributed by atoms with Gasteiger partial charge in [0.15, 0.2) is 0 Å². The minimum Gasteiger partial charge on any atom is -0.481 e. The fourth-order valence-electron chi connectivity index (χ4n) is 1.39. The van der Waals surface area contributed by atoms with Crippen LogP contribution < -0.4 is 5.32 Å². The Morgan fingerprint density at radius 3 is 2.87 bits per heavy atom. The average molecular weight is 232 g/mol. The summed E-state index contributed by atoms with van der Waals surface area (Å²) in [4.78, 5) is 23.4. The van der Waals surface area contributed by atoms with Gasteiger partial charge >= 0.3 is 12.0 Å². The average Bonchev–Trinajstić information content (AvgIpc) is 2.68. The lowest BCUT2D eigenvalue weighted by Gasteiger charge is -2.23. The molecule has 2 amide bonds. The highest BCUT2D eigenvalue weighted by atomic mass is 32.2. The summed E-state index contributed by atoms with van der Waals surface area (Å²) in [6.45, 7) is 0.193. The van der Waals surface area contributed by atoms with Crippen molar-refractivity contribution in [1.29, 1.82) is 0 Å².